The molecule has 0 spiro atoms. The number of amides is 1. The molecule has 0 aliphatic heterocycles. The average molecular weight is 414 g/mol. The number of carbonyl (C=O) groups is 1. The maximum absolute atomic E-state index is 12.1. The normalized spacial score (nSPS) is 11.0. The van der Waals surface area contributed by atoms with Gasteiger partial charge in [0.2, 0.25) is 11.9 Å². The van der Waals surface area contributed by atoms with E-state index in [2.05, 4.69) is 44.2 Å². The minimum Gasteiger partial charge on any atom is -0.370 e. The molecule has 0 bridgehead atoms. The Morgan fingerprint density at radius 1 is 1.14 bits per heavy atom. The third-order valence-corrected chi connectivity index (χ3v) is 5.21. The largest absolute Gasteiger partial charge is 0.370 e. The number of hydrogen-bond donors (Lipinski definition) is 2. The molecule has 3 rings (SSSR count). The molecule has 0 atom stereocenters. The summed E-state index contributed by atoms with van der Waals surface area (Å²) < 4.78 is 0. The van der Waals surface area contributed by atoms with Gasteiger partial charge in [0.25, 0.3) is 0 Å². The van der Waals surface area contributed by atoms with Gasteiger partial charge in [0.1, 0.15) is 10.8 Å². The number of carbonyl (C=O) groups excluding carboxylic acids is 1. The lowest BCUT2D eigenvalue weighted by Gasteiger charge is -2.18. The number of aromatic nitrogens is 3. The highest BCUT2D eigenvalue weighted by atomic mass is 35.5. The first-order valence-corrected chi connectivity index (χ1v) is 10.6. The van der Waals surface area contributed by atoms with Crippen molar-refractivity contribution >= 4 is 40.2 Å². The molecule has 3 aromatic rings. The summed E-state index contributed by atoms with van der Waals surface area (Å²) >= 11 is 6.44. The van der Waals surface area contributed by atoms with Crippen LogP contribution in [0.25, 0.3) is 11.0 Å². The van der Waals surface area contributed by atoms with E-state index < -0.39 is 0 Å². The predicted octanol–water partition coefficient (Wildman–Crippen LogP) is 5.55. The Balaban J connectivity index is 1.65. The zero-order valence-electron chi connectivity index (χ0n) is 17.0. The molecule has 0 unspecified atom stereocenters. The topological polar surface area (TPSA) is 73.9 Å². The number of para-hydroxylation sites is 1. The van der Waals surface area contributed by atoms with Gasteiger partial charge in [0, 0.05) is 37.5 Å². The molecule has 0 saturated heterocycles. The summed E-state index contributed by atoms with van der Waals surface area (Å²) in [5.74, 6) is 0.165. The number of aromatic amines is 1. The smallest absolute Gasteiger partial charge is 0.232 e. The maximum Gasteiger partial charge on any atom is 0.232 e. The third-order valence-electron chi connectivity index (χ3n) is 4.93. The van der Waals surface area contributed by atoms with Crippen LogP contribution in [0.1, 0.15) is 51.0 Å². The summed E-state index contributed by atoms with van der Waals surface area (Å²) in [7, 11) is 2.03. The molecular formula is C22H28ClN5O. The fourth-order valence-electron chi connectivity index (χ4n) is 3.34. The Kier molecular flexibility index (Phi) is 7.47. The van der Waals surface area contributed by atoms with E-state index in [1.165, 1.54) is 19.3 Å². The van der Waals surface area contributed by atoms with Gasteiger partial charge < -0.3 is 9.88 Å². The van der Waals surface area contributed by atoms with E-state index in [0.717, 1.165) is 29.5 Å². The van der Waals surface area contributed by atoms with E-state index in [-0.39, 0.29) is 11.9 Å². The van der Waals surface area contributed by atoms with Crippen LogP contribution in [0.4, 0.5) is 11.6 Å². The van der Waals surface area contributed by atoms with Crippen LogP contribution in [0.3, 0.4) is 0 Å². The number of benzene rings is 1. The maximum atomic E-state index is 12.1. The molecule has 7 heteroatoms. The third kappa shape index (κ3) is 5.70. The van der Waals surface area contributed by atoms with Gasteiger partial charge in [-0.25, -0.2) is 0 Å². The van der Waals surface area contributed by atoms with Gasteiger partial charge in [-0.05, 0) is 18.6 Å². The fraction of sp³-hybridized carbons (Fsp3) is 0.409. The highest BCUT2D eigenvalue weighted by Gasteiger charge is 2.15. The number of anilines is 2. The molecule has 0 aliphatic rings. The van der Waals surface area contributed by atoms with Crippen molar-refractivity contribution in [3.8, 4) is 0 Å². The van der Waals surface area contributed by atoms with Crippen LogP contribution in [0.15, 0.2) is 36.5 Å². The SMILES string of the molecule is CCCCCCCC(=O)Nc1nc(Cl)c2c(CN(C)c3ccccc3)c[nH]c2n1. The van der Waals surface area contributed by atoms with Crippen molar-refractivity contribution in [2.24, 2.45) is 0 Å². The van der Waals surface area contributed by atoms with Crippen LogP contribution in [-0.2, 0) is 11.3 Å². The van der Waals surface area contributed by atoms with Crippen molar-refractivity contribution < 1.29 is 4.79 Å². The lowest BCUT2D eigenvalue weighted by Crippen LogP contribution is -2.16. The van der Waals surface area contributed by atoms with Crippen molar-refractivity contribution in [2.75, 3.05) is 17.3 Å². The van der Waals surface area contributed by atoms with Gasteiger partial charge in [-0.2, -0.15) is 9.97 Å². The predicted molar refractivity (Wildman–Crippen MR) is 119 cm³/mol. The number of fused-ring (bicyclic) bond motifs is 1. The first kappa shape index (κ1) is 21.1. The molecule has 0 aliphatic carbocycles. The van der Waals surface area contributed by atoms with Gasteiger partial charge in [-0.3, -0.25) is 10.1 Å². The Bertz CT molecular complexity index is 941. The van der Waals surface area contributed by atoms with E-state index in [4.69, 9.17) is 11.6 Å². The summed E-state index contributed by atoms with van der Waals surface area (Å²) in [6, 6.07) is 10.1. The van der Waals surface area contributed by atoms with E-state index in [1.807, 2.05) is 31.4 Å². The molecule has 0 radical (unpaired) electrons. The van der Waals surface area contributed by atoms with Crippen LogP contribution in [0, 0.1) is 0 Å². The Hall–Kier alpha value is -2.60. The number of H-pyrrole nitrogens is 1. The van der Waals surface area contributed by atoms with Crippen molar-refractivity contribution in [3.05, 3.63) is 47.2 Å². The number of nitrogens with zero attached hydrogens (tertiary/aromatic N) is 3. The van der Waals surface area contributed by atoms with Crippen LogP contribution in [0.2, 0.25) is 5.15 Å². The molecule has 2 heterocycles. The first-order chi connectivity index (χ1) is 14.1. The molecule has 0 fully saturated rings. The monoisotopic (exact) mass is 413 g/mol. The van der Waals surface area contributed by atoms with E-state index in [0.29, 0.717) is 23.8 Å². The molecule has 154 valence electrons. The lowest BCUT2D eigenvalue weighted by atomic mass is 10.1. The number of rotatable bonds is 10. The number of unbranched alkanes of at least 4 members (excludes halogenated alkanes) is 4. The van der Waals surface area contributed by atoms with Crippen LogP contribution in [0.5, 0.6) is 0 Å². The average Bonchev–Trinajstić information content (AvgIpc) is 3.11. The van der Waals surface area contributed by atoms with Gasteiger partial charge in [0.15, 0.2) is 0 Å². The minimum atomic E-state index is -0.0764. The zero-order chi connectivity index (χ0) is 20.6. The number of halogens is 1. The molecule has 2 aromatic heterocycles. The van der Waals surface area contributed by atoms with E-state index in [9.17, 15) is 4.79 Å². The van der Waals surface area contributed by atoms with E-state index in [1.54, 1.807) is 0 Å². The Morgan fingerprint density at radius 3 is 2.66 bits per heavy atom. The fourth-order valence-corrected chi connectivity index (χ4v) is 3.63. The molecule has 6 nitrogen and oxygen atoms in total. The molecular weight excluding hydrogens is 386 g/mol. The highest BCUT2D eigenvalue weighted by Crippen LogP contribution is 2.27. The molecule has 1 aromatic carbocycles. The summed E-state index contributed by atoms with van der Waals surface area (Å²) in [6.45, 7) is 2.84. The summed E-state index contributed by atoms with van der Waals surface area (Å²) in [6.07, 6.45) is 7.88. The van der Waals surface area contributed by atoms with Crippen molar-refractivity contribution in [1.29, 1.82) is 0 Å². The van der Waals surface area contributed by atoms with Gasteiger partial charge in [-0.15, -0.1) is 0 Å². The Morgan fingerprint density at radius 2 is 1.90 bits per heavy atom. The quantitative estimate of drug-likeness (QED) is 0.337. The zero-order valence-corrected chi connectivity index (χ0v) is 17.8. The number of hydrogen-bond acceptors (Lipinski definition) is 4. The number of nitrogens with one attached hydrogen (secondary N) is 2. The second-order valence-corrected chi connectivity index (χ2v) is 7.64. The summed E-state index contributed by atoms with van der Waals surface area (Å²) in [4.78, 5) is 26.2. The first-order valence-electron chi connectivity index (χ1n) is 10.2. The van der Waals surface area contributed by atoms with Crippen molar-refractivity contribution in [1.82, 2.24) is 15.0 Å². The van der Waals surface area contributed by atoms with Crippen LogP contribution in [-0.4, -0.2) is 27.9 Å². The van der Waals surface area contributed by atoms with Crippen molar-refractivity contribution in [2.45, 2.75) is 52.0 Å². The van der Waals surface area contributed by atoms with Gasteiger partial charge in [-0.1, -0.05) is 62.4 Å². The van der Waals surface area contributed by atoms with Crippen LogP contribution < -0.4 is 10.2 Å². The van der Waals surface area contributed by atoms with Crippen molar-refractivity contribution in [3.63, 3.8) is 0 Å². The minimum absolute atomic E-state index is 0.0764. The Labute approximate surface area is 176 Å². The second kappa shape index (κ2) is 10.3. The molecule has 2 N–H and O–H groups in total. The van der Waals surface area contributed by atoms with Crippen LogP contribution >= 0.6 is 11.6 Å². The van der Waals surface area contributed by atoms with Gasteiger partial charge in [0.05, 0.1) is 5.39 Å². The summed E-state index contributed by atoms with van der Waals surface area (Å²) in [5.41, 5.74) is 2.74. The molecule has 29 heavy (non-hydrogen) atoms. The second-order valence-electron chi connectivity index (χ2n) is 7.28. The van der Waals surface area contributed by atoms with Gasteiger partial charge >= 0.3 is 0 Å². The highest BCUT2D eigenvalue weighted by molar-refractivity contribution is 6.34. The standard InChI is InChI=1S/C22H28ClN5O/c1-3-4-5-6-10-13-18(29)25-22-26-20(23)19-16(14-24-21(19)27-22)15-28(2)17-11-8-7-9-12-17/h7-9,11-12,14H,3-6,10,13,15H2,1-2H3,(H2,24,25,26,27,29). The lowest BCUT2D eigenvalue weighted by molar-refractivity contribution is -0.116. The van der Waals surface area contributed by atoms with E-state index >= 15 is 0 Å². The summed E-state index contributed by atoms with van der Waals surface area (Å²) in [5, 5.41) is 3.89. The molecule has 0 saturated carbocycles. The molecule has 1 amide bonds.